The summed E-state index contributed by atoms with van der Waals surface area (Å²) < 4.78 is 5.51. The molecule has 180 valence electrons. The Morgan fingerprint density at radius 1 is 1.23 bits per heavy atom. The van der Waals surface area contributed by atoms with Crippen LogP contribution in [0.2, 0.25) is 0 Å². The minimum Gasteiger partial charge on any atom is -0.459 e. The van der Waals surface area contributed by atoms with E-state index in [1.165, 1.54) is 28.2 Å². The average Bonchev–Trinajstić information content (AvgIpc) is 3.39. The van der Waals surface area contributed by atoms with Crippen molar-refractivity contribution in [2.24, 2.45) is 5.92 Å². The SMILES string of the molecule is CC1CCc2nc3sc(C(=O)Nc4scc(-c5ccccc5)c4C(=O)OC(C)C)c(N)c3cc2C1. The molecule has 3 N–H and O–H groups in total. The van der Waals surface area contributed by atoms with E-state index in [1.54, 1.807) is 13.8 Å². The predicted molar refractivity (Wildman–Crippen MR) is 143 cm³/mol. The van der Waals surface area contributed by atoms with Crippen molar-refractivity contribution in [1.82, 2.24) is 4.98 Å². The monoisotopic (exact) mass is 505 g/mol. The summed E-state index contributed by atoms with van der Waals surface area (Å²) in [5.41, 5.74) is 11.2. The molecular formula is C27H27N3O3S2. The van der Waals surface area contributed by atoms with Gasteiger partial charge in [0, 0.05) is 22.0 Å². The number of nitrogens with zero attached hydrogens (tertiary/aromatic N) is 1. The first-order chi connectivity index (χ1) is 16.8. The van der Waals surface area contributed by atoms with Crippen LogP contribution in [0, 0.1) is 5.92 Å². The molecule has 0 radical (unpaired) electrons. The summed E-state index contributed by atoms with van der Waals surface area (Å²) in [5.74, 6) is -0.203. The fourth-order valence-electron chi connectivity index (χ4n) is 4.46. The number of ether oxygens (including phenoxy) is 1. The lowest BCUT2D eigenvalue weighted by Crippen LogP contribution is -2.16. The number of nitrogens with two attached hydrogens (primary N) is 1. The maximum atomic E-state index is 13.4. The van der Waals surface area contributed by atoms with Gasteiger partial charge < -0.3 is 15.8 Å². The first-order valence-electron chi connectivity index (χ1n) is 11.7. The standard InChI is InChI=1S/C27H27N3O3S2/c1-14(2)33-27(32)21-19(16-7-5-4-6-8-16)13-34-26(21)30-24(31)23-22(28)18-12-17-11-15(3)9-10-20(17)29-25(18)35-23/h4-8,12-15H,9-11,28H2,1-3H3,(H,30,31). The van der Waals surface area contributed by atoms with Crippen LogP contribution in [-0.4, -0.2) is 23.0 Å². The van der Waals surface area contributed by atoms with E-state index in [-0.39, 0.29) is 12.0 Å². The lowest BCUT2D eigenvalue weighted by Gasteiger charge is -2.20. The van der Waals surface area contributed by atoms with Gasteiger partial charge in [0.2, 0.25) is 0 Å². The molecule has 1 aliphatic carbocycles. The highest BCUT2D eigenvalue weighted by Crippen LogP contribution is 2.39. The number of aromatic nitrogens is 1. The Bertz CT molecular complexity index is 1420. The fourth-order valence-corrected chi connectivity index (χ4v) is 6.40. The molecule has 0 bridgehead atoms. The summed E-state index contributed by atoms with van der Waals surface area (Å²) in [4.78, 5) is 32.4. The van der Waals surface area contributed by atoms with Crippen molar-refractivity contribution in [2.75, 3.05) is 11.1 Å². The van der Waals surface area contributed by atoms with Crippen molar-refractivity contribution in [3.63, 3.8) is 0 Å². The summed E-state index contributed by atoms with van der Waals surface area (Å²) in [6.07, 6.45) is 2.77. The number of rotatable bonds is 5. The zero-order chi connectivity index (χ0) is 24.7. The first-order valence-corrected chi connectivity index (χ1v) is 13.4. The van der Waals surface area contributed by atoms with Crippen molar-refractivity contribution in [1.29, 1.82) is 0 Å². The van der Waals surface area contributed by atoms with Gasteiger partial charge in [-0.1, -0.05) is 37.3 Å². The van der Waals surface area contributed by atoms with Crippen LogP contribution < -0.4 is 11.1 Å². The van der Waals surface area contributed by atoms with E-state index in [1.807, 2.05) is 35.7 Å². The van der Waals surface area contributed by atoms with Crippen LogP contribution in [0.15, 0.2) is 41.8 Å². The van der Waals surface area contributed by atoms with Gasteiger partial charge in [-0.15, -0.1) is 22.7 Å². The minimum atomic E-state index is -0.469. The molecule has 0 aliphatic heterocycles. The molecule has 35 heavy (non-hydrogen) atoms. The maximum Gasteiger partial charge on any atom is 0.342 e. The van der Waals surface area contributed by atoms with E-state index in [9.17, 15) is 9.59 Å². The molecular weight excluding hydrogens is 478 g/mol. The number of pyridine rings is 1. The van der Waals surface area contributed by atoms with Gasteiger partial charge in [-0.3, -0.25) is 4.79 Å². The number of anilines is 2. The van der Waals surface area contributed by atoms with Crippen molar-refractivity contribution < 1.29 is 14.3 Å². The number of carbonyl (C=O) groups excluding carboxylic acids is 2. The van der Waals surface area contributed by atoms with Gasteiger partial charge in [-0.2, -0.15) is 0 Å². The van der Waals surface area contributed by atoms with Crippen LogP contribution >= 0.6 is 22.7 Å². The molecule has 0 spiro atoms. The van der Waals surface area contributed by atoms with Crippen molar-refractivity contribution >= 4 is 55.5 Å². The molecule has 0 saturated carbocycles. The molecule has 8 heteroatoms. The average molecular weight is 506 g/mol. The molecule has 1 aliphatic rings. The van der Waals surface area contributed by atoms with Crippen molar-refractivity contribution in [2.45, 2.75) is 46.1 Å². The molecule has 0 fully saturated rings. The molecule has 1 aromatic carbocycles. The van der Waals surface area contributed by atoms with E-state index in [0.29, 0.717) is 27.0 Å². The van der Waals surface area contributed by atoms with Crippen LogP contribution in [0.25, 0.3) is 21.3 Å². The Kier molecular flexibility index (Phi) is 6.34. The largest absolute Gasteiger partial charge is 0.459 e. The summed E-state index contributed by atoms with van der Waals surface area (Å²) in [5, 5.41) is 6.06. The molecule has 0 saturated heterocycles. The molecule has 6 nitrogen and oxygen atoms in total. The molecule has 3 aromatic heterocycles. The Morgan fingerprint density at radius 2 is 2.00 bits per heavy atom. The Hall–Kier alpha value is -3.23. The van der Waals surface area contributed by atoms with Gasteiger partial charge in [-0.25, -0.2) is 9.78 Å². The smallest absolute Gasteiger partial charge is 0.342 e. The number of hydrogen-bond acceptors (Lipinski definition) is 7. The van der Waals surface area contributed by atoms with E-state index in [2.05, 4.69) is 18.3 Å². The van der Waals surface area contributed by atoms with Crippen LogP contribution in [0.4, 0.5) is 10.7 Å². The Morgan fingerprint density at radius 3 is 2.74 bits per heavy atom. The maximum absolute atomic E-state index is 13.4. The molecule has 1 amide bonds. The van der Waals surface area contributed by atoms with Crippen molar-refractivity contribution in [3.8, 4) is 11.1 Å². The number of benzene rings is 1. The Balaban J connectivity index is 1.50. The second kappa shape index (κ2) is 9.43. The van der Waals surface area contributed by atoms with Gasteiger partial charge in [-0.05, 0) is 56.2 Å². The van der Waals surface area contributed by atoms with Gasteiger partial charge in [0.15, 0.2) is 0 Å². The molecule has 5 rings (SSSR count). The number of nitrogen functional groups attached to an aromatic ring is 1. The zero-order valence-corrected chi connectivity index (χ0v) is 21.5. The van der Waals surface area contributed by atoms with Crippen LogP contribution in [-0.2, 0) is 17.6 Å². The summed E-state index contributed by atoms with van der Waals surface area (Å²) in [6, 6.07) is 11.7. The van der Waals surface area contributed by atoms with E-state index < -0.39 is 5.97 Å². The van der Waals surface area contributed by atoms with Gasteiger partial charge in [0.1, 0.15) is 20.3 Å². The van der Waals surface area contributed by atoms with E-state index >= 15 is 0 Å². The number of carbonyl (C=O) groups is 2. The highest BCUT2D eigenvalue weighted by Gasteiger charge is 2.26. The molecule has 4 aromatic rings. The summed E-state index contributed by atoms with van der Waals surface area (Å²) >= 11 is 2.59. The van der Waals surface area contributed by atoms with E-state index in [4.69, 9.17) is 15.5 Å². The number of fused-ring (bicyclic) bond motifs is 2. The Labute approximate surface area is 212 Å². The third-order valence-electron chi connectivity index (χ3n) is 6.19. The lowest BCUT2D eigenvalue weighted by molar-refractivity contribution is 0.0380. The normalized spacial score (nSPS) is 15.3. The quantitative estimate of drug-likeness (QED) is 0.300. The van der Waals surface area contributed by atoms with Crippen LogP contribution in [0.3, 0.4) is 0 Å². The topological polar surface area (TPSA) is 94.3 Å². The summed E-state index contributed by atoms with van der Waals surface area (Å²) in [7, 11) is 0. The highest BCUT2D eigenvalue weighted by atomic mass is 32.1. The van der Waals surface area contributed by atoms with Gasteiger partial charge in [0.25, 0.3) is 5.91 Å². The van der Waals surface area contributed by atoms with Gasteiger partial charge >= 0.3 is 5.97 Å². The minimum absolute atomic E-state index is 0.285. The lowest BCUT2D eigenvalue weighted by atomic mass is 9.87. The molecule has 3 heterocycles. The highest BCUT2D eigenvalue weighted by molar-refractivity contribution is 7.21. The number of nitrogens with one attached hydrogen (secondary N) is 1. The number of aryl methyl sites for hydroxylation is 1. The second-order valence-corrected chi connectivity index (χ2v) is 11.1. The summed E-state index contributed by atoms with van der Waals surface area (Å²) in [6.45, 7) is 5.85. The predicted octanol–water partition coefficient (Wildman–Crippen LogP) is 6.55. The van der Waals surface area contributed by atoms with Crippen LogP contribution in [0.1, 0.15) is 58.5 Å². The first kappa shape index (κ1) is 23.5. The number of esters is 1. The fraction of sp³-hybridized carbons (Fsp3) is 0.296. The number of thiophene rings is 2. The van der Waals surface area contributed by atoms with Crippen molar-refractivity contribution in [3.05, 3.63) is 63.5 Å². The zero-order valence-electron chi connectivity index (χ0n) is 19.9. The van der Waals surface area contributed by atoms with Gasteiger partial charge in [0.05, 0.1) is 11.8 Å². The van der Waals surface area contributed by atoms with Crippen LogP contribution in [0.5, 0.6) is 0 Å². The molecule has 1 unspecified atom stereocenters. The number of hydrogen-bond donors (Lipinski definition) is 2. The van der Waals surface area contributed by atoms with E-state index in [0.717, 1.165) is 46.3 Å². The second-order valence-electron chi connectivity index (χ2n) is 9.27. The number of amides is 1. The molecule has 1 atom stereocenters. The third kappa shape index (κ3) is 4.56. The third-order valence-corrected chi connectivity index (χ3v) is 8.20.